The van der Waals surface area contributed by atoms with Crippen LogP contribution in [0, 0.1) is 16.7 Å². The number of hydrogen-bond acceptors (Lipinski definition) is 2. The molecule has 0 aliphatic carbocycles. The first-order valence-electron chi connectivity index (χ1n) is 6.88. The highest BCUT2D eigenvalue weighted by Crippen LogP contribution is 2.56. The summed E-state index contributed by atoms with van der Waals surface area (Å²) in [6.07, 6.45) is 1.75. The Hall–Kier alpha value is -0.790. The maximum Gasteiger partial charge on any atom is 0.334 e. The second-order valence-electron chi connectivity index (χ2n) is 7.54. The largest absolute Gasteiger partial charge is 0.454 e. The average Bonchev–Trinajstić information content (AvgIpc) is 2.17. The van der Waals surface area contributed by atoms with Crippen LogP contribution in [0.2, 0.25) is 0 Å². The lowest BCUT2D eigenvalue weighted by atomic mass is 9.54. The minimum absolute atomic E-state index is 0.0950. The van der Waals surface area contributed by atoms with Gasteiger partial charge in [0.05, 0.1) is 0 Å². The predicted molar refractivity (Wildman–Crippen MR) is 75.3 cm³/mol. The zero-order valence-electron chi connectivity index (χ0n) is 13.0. The quantitative estimate of drug-likeness (QED) is 0.512. The second kappa shape index (κ2) is 4.40. The molecule has 1 fully saturated rings. The van der Waals surface area contributed by atoms with Gasteiger partial charge in [-0.15, -0.1) is 0 Å². The molecule has 1 atom stereocenters. The van der Waals surface area contributed by atoms with E-state index in [-0.39, 0.29) is 16.8 Å². The normalized spacial score (nSPS) is 24.9. The van der Waals surface area contributed by atoms with Crippen molar-refractivity contribution in [1.82, 2.24) is 0 Å². The van der Waals surface area contributed by atoms with Crippen molar-refractivity contribution in [3.63, 3.8) is 0 Å². The Morgan fingerprint density at radius 1 is 1.22 bits per heavy atom. The van der Waals surface area contributed by atoms with Crippen LogP contribution in [0.3, 0.4) is 0 Å². The molecule has 0 aromatic carbocycles. The van der Waals surface area contributed by atoms with Crippen molar-refractivity contribution in [2.75, 3.05) is 0 Å². The minimum atomic E-state index is -0.437. The van der Waals surface area contributed by atoms with Crippen molar-refractivity contribution in [2.45, 2.75) is 66.9 Å². The Labute approximate surface area is 112 Å². The van der Waals surface area contributed by atoms with Crippen LogP contribution in [0.15, 0.2) is 12.2 Å². The van der Waals surface area contributed by atoms with Crippen molar-refractivity contribution in [2.24, 2.45) is 16.7 Å². The monoisotopic (exact) mass is 252 g/mol. The highest BCUT2D eigenvalue weighted by atomic mass is 16.6. The number of carbonyl (C=O) groups is 1. The smallest absolute Gasteiger partial charge is 0.334 e. The van der Waals surface area contributed by atoms with Gasteiger partial charge >= 0.3 is 5.97 Å². The molecule has 1 aliphatic heterocycles. The van der Waals surface area contributed by atoms with E-state index < -0.39 is 5.60 Å². The first-order valence-corrected chi connectivity index (χ1v) is 6.88. The number of hydrogen-bond donors (Lipinski definition) is 0. The molecule has 1 aliphatic rings. The molecule has 2 heteroatoms. The summed E-state index contributed by atoms with van der Waals surface area (Å²) in [5.74, 6) is 0.118. The summed E-state index contributed by atoms with van der Waals surface area (Å²) in [6, 6.07) is 0. The Bertz CT molecular complexity index is 338. The van der Waals surface area contributed by atoms with E-state index in [4.69, 9.17) is 4.74 Å². The molecule has 0 aromatic rings. The van der Waals surface area contributed by atoms with Gasteiger partial charge in [-0.2, -0.15) is 0 Å². The number of esters is 1. The van der Waals surface area contributed by atoms with Gasteiger partial charge in [0.1, 0.15) is 5.60 Å². The van der Waals surface area contributed by atoms with Gasteiger partial charge in [-0.1, -0.05) is 55.0 Å². The van der Waals surface area contributed by atoms with Crippen LogP contribution in [0.1, 0.15) is 61.3 Å². The summed E-state index contributed by atoms with van der Waals surface area (Å²) < 4.78 is 5.98. The van der Waals surface area contributed by atoms with E-state index in [0.29, 0.717) is 11.5 Å². The Kier molecular flexibility index (Phi) is 3.73. The van der Waals surface area contributed by atoms with E-state index >= 15 is 0 Å². The van der Waals surface area contributed by atoms with Crippen LogP contribution in [-0.2, 0) is 9.53 Å². The van der Waals surface area contributed by atoms with Crippen molar-refractivity contribution in [3.8, 4) is 0 Å². The number of cyclic esters (lactones) is 1. The lowest BCUT2D eigenvalue weighted by Gasteiger charge is -2.58. The SMILES string of the molecule is C=C1CC(CC)C(C(C)(C)C)(C(C)(C)C)OC1=O. The summed E-state index contributed by atoms with van der Waals surface area (Å²) in [7, 11) is 0. The third-order valence-electron chi connectivity index (χ3n) is 4.33. The van der Waals surface area contributed by atoms with Crippen LogP contribution in [-0.4, -0.2) is 11.6 Å². The van der Waals surface area contributed by atoms with Crippen LogP contribution in [0.4, 0.5) is 0 Å². The third kappa shape index (κ3) is 2.10. The summed E-state index contributed by atoms with van der Waals surface area (Å²) in [4.78, 5) is 12.0. The highest BCUT2D eigenvalue weighted by Gasteiger charge is 2.60. The van der Waals surface area contributed by atoms with Crippen LogP contribution in [0.25, 0.3) is 0 Å². The first kappa shape index (κ1) is 15.3. The summed E-state index contributed by atoms with van der Waals surface area (Å²) >= 11 is 0. The third-order valence-corrected chi connectivity index (χ3v) is 4.33. The molecule has 2 nitrogen and oxygen atoms in total. The van der Waals surface area contributed by atoms with Crippen molar-refractivity contribution in [1.29, 1.82) is 0 Å². The lowest BCUT2D eigenvalue weighted by molar-refractivity contribution is -0.222. The van der Waals surface area contributed by atoms with E-state index in [1.54, 1.807) is 0 Å². The molecule has 0 spiro atoms. The first-order chi connectivity index (χ1) is 7.97. The zero-order valence-corrected chi connectivity index (χ0v) is 13.0. The fourth-order valence-electron chi connectivity index (χ4n) is 3.91. The fourth-order valence-corrected chi connectivity index (χ4v) is 3.91. The second-order valence-corrected chi connectivity index (χ2v) is 7.54. The van der Waals surface area contributed by atoms with E-state index in [2.05, 4.69) is 55.0 Å². The van der Waals surface area contributed by atoms with Gasteiger partial charge in [-0.05, 0) is 12.8 Å². The summed E-state index contributed by atoms with van der Waals surface area (Å²) in [6.45, 7) is 19.0. The molecular formula is C16H28O2. The van der Waals surface area contributed by atoms with Crippen LogP contribution >= 0.6 is 0 Å². The van der Waals surface area contributed by atoms with Crippen molar-refractivity contribution < 1.29 is 9.53 Å². The summed E-state index contributed by atoms with van der Waals surface area (Å²) in [5, 5.41) is 0. The molecule has 1 heterocycles. The molecular weight excluding hydrogens is 224 g/mol. The molecule has 0 bridgehead atoms. The maximum atomic E-state index is 12.0. The number of rotatable bonds is 1. The average molecular weight is 252 g/mol. The zero-order chi connectivity index (χ0) is 14.4. The Morgan fingerprint density at radius 2 is 1.67 bits per heavy atom. The fraction of sp³-hybridized carbons (Fsp3) is 0.812. The lowest BCUT2D eigenvalue weighted by Crippen LogP contribution is -2.63. The van der Waals surface area contributed by atoms with Gasteiger partial charge < -0.3 is 4.74 Å². The number of carbonyl (C=O) groups excluding carboxylic acids is 1. The van der Waals surface area contributed by atoms with E-state index in [9.17, 15) is 4.79 Å². The Morgan fingerprint density at radius 3 is 2.00 bits per heavy atom. The standard InChI is InChI=1S/C16H28O2/c1-9-12-10-11(2)13(17)18-16(12,14(3,4)5)15(6,7)8/h12H,2,9-10H2,1,3-8H3. The molecule has 0 aromatic heterocycles. The van der Waals surface area contributed by atoms with Gasteiger partial charge in [-0.3, -0.25) is 0 Å². The molecule has 0 radical (unpaired) electrons. The van der Waals surface area contributed by atoms with E-state index in [0.717, 1.165) is 12.8 Å². The molecule has 18 heavy (non-hydrogen) atoms. The Balaban J connectivity index is 3.40. The summed E-state index contributed by atoms with van der Waals surface area (Å²) in [5.41, 5.74) is -0.0107. The van der Waals surface area contributed by atoms with Crippen molar-refractivity contribution in [3.05, 3.63) is 12.2 Å². The topological polar surface area (TPSA) is 26.3 Å². The van der Waals surface area contributed by atoms with Gasteiger partial charge in [0.2, 0.25) is 0 Å². The number of ether oxygens (including phenoxy) is 1. The van der Waals surface area contributed by atoms with Crippen molar-refractivity contribution >= 4 is 5.97 Å². The predicted octanol–water partition coefficient (Wildman–Crippen LogP) is 4.35. The molecule has 0 saturated carbocycles. The molecule has 0 N–H and O–H groups in total. The minimum Gasteiger partial charge on any atom is -0.454 e. The molecule has 0 amide bonds. The van der Waals surface area contributed by atoms with Gasteiger partial charge in [0.25, 0.3) is 0 Å². The maximum absolute atomic E-state index is 12.0. The van der Waals surface area contributed by atoms with Crippen LogP contribution in [0.5, 0.6) is 0 Å². The van der Waals surface area contributed by atoms with Gasteiger partial charge in [0, 0.05) is 22.3 Å². The van der Waals surface area contributed by atoms with Gasteiger partial charge in [-0.25, -0.2) is 4.79 Å². The molecule has 1 unspecified atom stereocenters. The highest BCUT2D eigenvalue weighted by molar-refractivity contribution is 5.89. The molecule has 1 rings (SSSR count). The van der Waals surface area contributed by atoms with Crippen LogP contribution < -0.4 is 0 Å². The molecule has 104 valence electrons. The molecule has 1 saturated heterocycles. The van der Waals surface area contributed by atoms with Gasteiger partial charge in [0.15, 0.2) is 0 Å². The van der Waals surface area contributed by atoms with E-state index in [1.807, 2.05) is 0 Å². The van der Waals surface area contributed by atoms with E-state index in [1.165, 1.54) is 0 Å².